The minimum atomic E-state index is -0.0658. The fourth-order valence-corrected chi connectivity index (χ4v) is 9.56. The second kappa shape index (κ2) is 11.2. The molecule has 0 fully saturated rings. The molecule has 10 aromatic carbocycles. The van der Waals surface area contributed by atoms with Crippen LogP contribution in [0.3, 0.4) is 0 Å². The molecule has 0 radical (unpaired) electrons. The summed E-state index contributed by atoms with van der Waals surface area (Å²) in [6, 6.07) is 67.9. The van der Waals surface area contributed by atoms with Crippen LogP contribution in [-0.2, 0) is 5.41 Å². The number of rotatable bonds is 3. The second-order valence-corrected chi connectivity index (χ2v) is 15.2. The van der Waals surface area contributed by atoms with Gasteiger partial charge in [0, 0.05) is 5.41 Å². The lowest BCUT2D eigenvalue weighted by Gasteiger charge is -2.23. The molecule has 0 atom stereocenters. The van der Waals surface area contributed by atoms with Gasteiger partial charge in [0.2, 0.25) is 0 Å². The molecule has 0 nitrogen and oxygen atoms in total. The normalized spacial score (nSPS) is 13.2. The summed E-state index contributed by atoms with van der Waals surface area (Å²) in [6.45, 7) is 4.76. The van der Waals surface area contributed by atoms with Gasteiger partial charge in [-0.15, -0.1) is 0 Å². The molecule has 0 saturated carbocycles. The van der Waals surface area contributed by atoms with Crippen molar-refractivity contribution in [3.63, 3.8) is 0 Å². The Balaban J connectivity index is 1.10. The highest BCUT2D eigenvalue weighted by Crippen LogP contribution is 2.52. The van der Waals surface area contributed by atoms with Crippen LogP contribution in [0.15, 0.2) is 182 Å². The lowest BCUT2D eigenvalue weighted by Crippen LogP contribution is -2.15. The van der Waals surface area contributed by atoms with Crippen LogP contribution in [0.25, 0.3) is 98.4 Å². The fraction of sp³-hybridized carbons (Fsp3) is 0.0566. The summed E-state index contributed by atoms with van der Waals surface area (Å²) in [4.78, 5) is 0. The van der Waals surface area contributed by atoms with Crippen LogP contribution >= 0.6 is 0 Å². The average Bonchev–Trinajstić information content (AvgIpc) is 3.45. The fourth-order valence-electron chi connectivity index (χ4n) is 9.56. The number of fused-ring (bicyclic) bond motifs is 10. The summed E-state index contributed by atoms with van der Waals surface area (Å²) < 4.78 is 0. The van der Waals surface area contributed by atoms with Crippen molar-refractivity contribution in [2.45, 2.75) is 19.3 Å². The Hall–Kier alpha value is -6.50. The molecule has 248 valence electrons. The van der Waals surface area contributed by atoms with E-state index in [4.69, 9.17) is 0 Å². The van der Waals surface area contributed by atoms with Crippen LogP contribution in [0, 0.1) is 0 Å². The first-order valence-electron chi connectivity index (χ1n) is 18.7. The molecule has 0 unspecified atom stereocenters. The van der Waals surface area contributed by atoms with Gasteiger partial charge in [-0.3, -0.25) is 0 Å². The van der Waals surface area contributed by atoms with Crippen molar-refractivity contribution >= 4 is 53.9 Å². The Labute approximate surface area is 309 Å². The zero-order chi connectivity index (χ0) is 35.3. The van der Waals surface area contributed by atoms with E-state index in [1.807, 2.05) is 0 Å². The van der Waals surface area contributed by atoms with Crippen LogP contribution in [0.5, 0.6) is 0 Å². The van der Waals surface area contributed by atoms with Crippen molar-refractivity contribution in [3.8, 4) is 44.5 Å². The lowest BCUT2D eigenvalue weighted by molar-refractivity contribution is 0.666. The van der Waals surface area contributed by atoms with Crippen molar-refractivity contribution in [3.05, 3.63) is 193 Å². The monoisotopic (exact) mass is 672 g/mol. The number of hydrogen-bond acceptors (Lipinski definition) is 0. The van der Waals surface area contributed by atoms with Crippen molar-refractivity contribution in [2.75, 3.05) is 0 Å². The summed E-state index contributed by atoms with van der Waals surface area (Å²) in [5, 5.41) is 12.9. The van der Waals surface area contributed by atoms with Crippen LogP contribution in [0.2, 0.25) is 0 Å². The third-order valence-electron chi connectivity index (χ3n) is 12.0. The largest absolute Gasteiger partial charge is 0.0616 e. The van der Waals surface area contributed by atoms with Gasteiger partial charge in [0.1, 0.15) is 0 Å². The molecule has 0 aromatic heterocycles. The highest BCUT2D eigenvalue weighted by molar-refractivity contribution is 6.22. The maximum atomic E-state index is 2.43. The summed E-state index contributed by atoms with van der Waals surface area (Å²) in [6.07, 6.45) is 0. The Morgan fingerprint density at radius 2 is 0.774 bits per heavy atom. The van der Waals surface area contributed by atoms with Crippen molar-refractivity contribution in [1.29, 1.82) is 0 Å². The van der Waals surface area contributed by atoms with Gasteiger partial charge in [0.15, 0.2) is 0 Å². The molecule has 1 aliphatic carbocycles. The van der Waals surface area contributed by atoms with E-state index in [2.05, 4.69) is 196 Å². The summed E-state index contributed by atoms with van der Waals surface area (Å²) in [7, 11) is 0. The van der Waals surface area contributed by atoms with Gasteiger partial charge in [0.25, 0.3) is 0 Å². The minimum absolute atomic E-state index is 0.0658. The Morgan fingerprint density at radius 1 is 0.302 bits per heavy atom. The first-order chi connectivity index (χ1) is 26.0. The van der Waals surface area contributed by atoms with E-state index in [1.54, 1.807) is 0 Å². The quantitative estimate of drug-likeness (QED) is 0.129. The van der Waals surface area contributed by atoms with Gasteiger partial charge in [0.05, 0.1) is 0 Å². The molecular formula is C53H36. The molecule has 0 saturated heterocycles. The third-order valence-corrected chi connectivity index (χ3v) is 12.0. The van der Waals surface area contributed by atoms with E-state index in [0.717, 1.165) is 0 Å². The molecule has 11 rings (SSSR count). The van der Waals surface area contributed by atoms with Gasteiger partial charge >= 0.3 is 0 Å². The van der Waals surface area contributed by atoms with E-state index in [0.29, 0.717) is 0 Å². The lowest BCUT2D eigenvalue weighted by atomic mass is 9.80. The van der Waals surface area contributed by atoms with Gasteiger partial charge in [-0.25, -0.2) is 0 Å². The van der Waals surface area contributed by atoms with Crippen LogP contribution in [-0.4, -0.2) is 0 Å². The van der Waals surface area contributed by atoms with Gasteiger partial charge in [-0.05, 0) is 128 Å². The summed E-state index contributed by atoms with van der Waals surface area (Å²) in [5.41, 5.74) is 13.0. The predicted molar refractivity (Wildman–Crippen MR) is 228 cm³/mol. The Bertz CT molecular complexity index is 3080. The van der Waals surface area contributed by atoms with Gasteiger partial charge in [-0.1, -0.05) is 178 Å². The smallest absolute Gasteiger partial charge is 0.0165 e. The molecule has 0 spiro atoms. The van der Waals surface area contributed by atoms with Crippen molar-refractivity contribution < 1.29 is 0 Å². The maximum absolute atomic E-state index is 2.43. The molecule has 0 bridgehead atoms. The standard InChI is InChI=1S/C53H36/c1-53(2)49-29-27-37(31-48(49)46-28-26-34-13-4-6-17-41(34)52(46)53)36-14-11-15-38(30-36)50-42-18-7-9-20-44(42)51(45-21-10-8-19-43(45)50)39-25-24-35-23-22-33-12-3-5-16-40(33)47(35)32-39/h3-32H,1-2H3. The molecule has 1 aliphatic rings. The van der Waals surface area contributed by atoms with Crippen LogP contribution in [0.1, 0.15) is 25.0 Å². The molecule has 0 heteroatoms. The van der Waals surface area contributed by atoms with Gasteiger partial charge < -0.3 is 0 Å². The zero-order valence-electron chi connectivity index (χ0n) is 29.8. The molecule has 0 amide bonds. The predicted octanol–water partition coefficient (Wildman–Crippen LogP) is 14.8. The molecule has 0 aliphatic heterocycles. The molecule has 0 N–H and O–H groups in total. The van der Waals surface area contributed by atoms with Crippen molar-refractivity contribution in [1.82, 2.24) is 0 Å². The van der Waals surface area contributed by atoms with Crippen molar-refractivity contribution in [2.24, 2.45) is 0 Å². The molecule has 53 heavy (non-hydrogen) atoms. The number of hydrogen-bond donors (Lipinski definition) is 0. The summed E-state index contributed by atoms with van der Waals surface area (Å²) in [5.74, 6) is 0. The van der Waals surface area contributed by atoms with E-state index in [9.17, 15) is 0 Å². The number of benzene rings is 10. The van der Waals surface area contributed by atoms with E-state index < -0.39 is 0 Å². The Morgan fingerprint density at radius 3 is 1.45 bits per heavy atom. The molecular weight excluding hydrogens is 637 g/mol. The summed E-state index contributed by atoms with van der Waals surface area (Å²) >= 11 is 0. The third kappa shape index (κ3) is 4.42. The molecule has 10 aromatic rings. The second-order valence-electron chi connectivity index (χ2n) is 15.2. The van der Waals surface area contributed by atoms with Crippen LogP contribution < -0.4 is 0 Å². The first-order valence-corrected chi connectivity index (χ1v) is 18.7. The zero-order valence-corrected chi connectivity index (χ0v) is 29.8. The van der Waals surface area contributed by atoms with E-state index >= 15 is 0 Å². The van der Waals surface area contributed by atoms with Crippen LogP contribution in [0.4, 0.5) is 0 Å². The molecule has 0 heterocycles. The minimum Gasteiger partial charge on any atom is -0.0616 e. The van der Waals surface area contributed by atoms with Gasteiger partial charge in [-0.2, -0.15) is 0 Å². The maximum Gasteiger partial charge on any atom is 0.0165 e. The highest BCUT2D eigenvalue weighted by atomic mass is 14.4. The van der Waals surface area contributed by atoms with E-state index in [-0.39, 0.29) is 5.41 Å². The van der Waals surface area contributed by atoms with E-state index in [1.165, 1.54) is 109 Å². The topological polar surface area (TPSA) is 0 Å². The SMILES string of the molecule is CC1(C)c2ccc(-c3cccc(-c4c5ccccc5c(-c5ccc6ccc7ccccc7c6c5)c5ccccc45)c3)cc2-c2ccc3ccccc3c21. The average molecular weight is 673 g/mol. The Kier molecular flexibility index (Phi) is 6.40. The highest BCUT2D eigenvalue weighted by Gasteiger charge is 2.37. The first kappa shape index (κ1) is 30.2.